The van der Waals surface area contributed by atoms with Gasteiger partial charge in [-0.05, 0) is 57.0 Å². The van der Waals surface area contributed by atoms with Crippen LogP contribution in [-0.2, 0) is 6.54 Å². The molecule has 0 N–H and O–H groups in total. The maximum atomic E-state index is 5.53. The van der Waals surface area contributed by atoms with Gasteiger partial charge in [-0.1, -0.05) is 17.3 Å². The van der Waals surface area contributed by atoms with E-state index >= 15 is 0 Å². The van der Waals surface area contributed by atoms with Crippen molar-refractivity contribution in [2.45, 2.75) is 34.2 Å². The molecule has 0 radical (unpaired) electrons. The minimum absolute atomic E-state index is 0.600. The standard InChI is InChI=1S/C24H32N6O/c1-5-29(6-2)22-11-10-20(16-25-22)24-26-23(31-27-24)17-28-12-14-30(15-13-28)21-9-7-8-18(3)19(21)4/h7-11,16H,5-6,12-15,17H2,1-4H3. The van der Waals surface area contributed by atoms with Crippen molar-refractivity contribution in [1.82, 2.24) is 20.0 Å². The molecule has 1 saturated heterocycles. The van der Waals surface area contributed by atoms with E-state index in [0.29, 0.717) is 18.3 Å². The third kappa shape index (κ3) is 4.71. The number of nitrogens with zero attached hydrogens (tertiary/aromatic N) is 6. The van der Waals surface area contributed by atoms with Crippen LogP contribution in [0.5, 0.6) is 0 Å². The van der Waals surface area contributed by atoms with Crippen molar-refractivity contribution < 1.29 is 4.52 Å². The van der Waals surface area contributed by atoms with E-state index in [0.717, 1.165) is 50.6 Å². The summed E-state index contributed by atoms with van der Waals surface area (Å²) in [6.45, 7) is 15.2. The summed E-state index contributed by atoms with van der Waals surface area (Å²) in [6, 6.07) is 10.6. The maximum absolute atomic E-state index is 5.53. The quantitative estimate of drug-likeness (QED) is 0.574. The maximum Gasteiger partial charge on any atom is 0.241 e. The molecule has 0 amide bonds. The summed E-state index contributed by atoms with van der Waals surface area (Å²) >= 11 is 0. The molecular formula is C24H32N6O. The molecule has 0 spiro atoms. The highest BCUT2D eigenvalue weighted by molar-refractivity contribution is 5.57. The summed E-state index contributed by atoms with van der Waals surface area (Å²) in [5, 5.41) is 4.17. The predicted octanol–water partition coefficient (Wildman–Crippen LogP) is 3.92. The van der Waals surface area contributed by atoms with Crippen LogP contribution in [0.3, 0.4) is 0 Å². The molecule has 1 aliphatic heterocycles. The average molecular weight is 421 g/mol. The van der Waals surface area contributed by atoms with Crippen molar-refractivity contribution in [2.24, 2.45) is 0 Å². The molecule has 0 saturated carbocycles. The van der Waals surface area contributed by atoms with Crippen molar-refractivity contribution in [1.29, 1.82) is 0 Å². The van der Waals surface area contributed by atoms with Gasteiger partial charge in [0.15, 0.2) is 0 Å². The van der Waals surface area contributed by atoms with Crippen molar-refractivity contribution in [2.75, 3.05) is 49.1 Å². The molecule has 164 valence electrons. The molecule has 0 aliphatic carbocycles. The number of rotatable bonds is 7. The minimum Gasteiger partial charge on any atom is -0.369 e. The van der Waals surface area contributed by atoms with Crippen LogP contribution in [-0.4, -0.2) is 59.3 Å². The van der Waals surface area contributed by atoms with Gasteiger partial charge in [-0.3, -0.25) is 4.90 Å². The van der Waals surface area contributed by atoms with E-state index in [4.69, 9.17) is 4.52 Å². The van der Waals surface area contributed by atoms with E-state index in [-0.39, 0.29) is 0 Å². The number of hydrogen-bond donors (Lipinski definition) is 0. The second kappa shape index (κ2) is 9.47. The lowest BCUT2D eigenvalue weighted by atomic mass is 10.1. The summed E-state index contributed by atoms with van der Waals surface area (Å²) in [6.07, 6.45) is 1.82. The zero-order chi connectivity index (χ0) is 21.8. The van der Waals surface area contributed by atoms with Crippen molar-refractivity contribution in [3.05, 3.63) is 53.5 Å². The van der Waals surface area contributed by atoms with Crippen LogP contribution in [0.15, 0.2) is 41.1 Å². The van der Waals surface area contributed by atoms with Crippen LogP contribution in [0, 0.1) is 13.8 Å². The predicted molar refractivity (Wildman–Crippen MR) is 124 cm³/mol. The summed E-state index contributed by atoms with van der Waals surface area (Å²) < 4.78 is 5.53. The van der Waals surface area contributed by atoms with Gasteiger partial charge in [-0.25, -0.2) is 4.98 Å². The molecule has 1 aromatic carbocycles. The van der Waals surface area contributed by atoms with Crippen molar-refractivity contribution >= 4 is 11.5 Å². The molecule has 1 aliphatic rings. The monoisotopic (exact) mass is 420 g/mol. The van der Waals surface area contributed by atoms with Crippen LogP contribution >= 0.6 is 0 Å². The normalized spacial score (nSPS) is 14.8. The molecule has 0 bridgehead atoms. The zero-order valence-corrected chi connectivity index (χ0v) is 19.0. The van der Waals surface area contributed by atoms with Gasteiger partial charge in [0.05, 0.1) is 6.54 Å². The number of aryl methyl sites for hydroxylation is 1. The Morgan fingerprint density at radius 2 is 1.77 bits per heavy atom. The Hall–Kier alpha value is -2.93. The van der Waals surface area contributed by atoms with Gasteiger partial charge < -0.3 is 14.3 Å². The van der Waals surface area contributed by atoms with Gasteiger partial charge >= 0.3 is 0 Å². The van der Waals surface area contributed by atoms with Crippen LogP contribution in [0.4, 0.5) is 11.5 Å². The van der Waals surface area contributed by atoms with E-state index in [1.165, 1.54) is 16.8 Å². The Morgan fingerprint density at radius 1 is 1.00 bits per heavy atom. The first-order valence-corrected chi connectivity index (χ1v) is 11.2. The van der Waals surface area contributed by atoms with Gasteiger partial charge in [0.2, 0.25) is 11.7 Å². The summed E-state index contributed by atoms with van der Waals surface area (Å²) in [5.74, 6) is 2.23. The zero-order valence-electron chi connectivity index (χ0n) is 19.0. The van der Waals surface area contributed by atoms with E-state index in [1.807, 2.05) is 18.3 Å². The number of anilines is 2. The Kier molecular flexibility index (Phi) is 6.51. The molecule has 3 aromatic rings. The fourth-order valence-corrected chi connectivity index (χ4v) is 4.11. The topological polar surface area (TPSA) is 61.5 Å². The second-order valence-electron chi connectivity index (χ2n) is 8.07. The molecule has 7 heteroatoms. The molecule has 3 heterocycles. The fraction of sp³-hybridized carbons (Fsp3) is 0.458. The Morgan fingerprint density at radius 3 is 2.45 bits per heavy atom. The first-order valence-electron chi connectivity index (χ1n) is 11.2. The third-order valence-electron chi connectivity index (χ3n) is 6.21. The highest BCUT2D eigenvalue weighted by Gasteiger charge is 2.21. The highest BCUT2D eigenvalue weighted by Crippen LogP contribution is 2.24. The van der Waals surface area contributed by atoms with Crippen LogP contribution in [0.1, 0.15) is 30.9 Å². The highest BCUT2D eigenvalue weighted by atomic mass is 16.5. The van der Waals surface area contributed by atoms with Gasteiger partial charge in [0.1, 0.15) is 5.82 Å². The molecule has 2 aromatic heterocycles. The lowest BCUT2D eigenvalue weighted by Gasteiger charge is -2.36. The van der Waals surface area contributed by atoms with Gasteiger partial charge in [0, 0.05) is 56.7 Å². The number of benzene rings is 1. The van der Waals surface area contributed by atoms with E-state index in [1.54, 1.807) is 0 Å². The van der Waals surface area contributed by atoms with Gasteiger partial charge in [0.25, 0.3) is 0 Å². The van der Waals surface area contributed by atoms with Crippen LogP contribution in [0.25, 0.3) is 11.4 Å². The van der Waals surface area contributed by atoms with Crippen LogP contribution < -0.4 is 9.80 Å². The summed E-state index contributed by atoms with van der Waals surface area (Å²) in [4.78, 5) is 16.2. The van der Waals surface area contributed by atoms with Crippen molar-refractivity contribution in [3.63, 3.8) is 0 Å². The van der Waals surface area contributed by atoms with E-state index in [2.05, 4.69) is 75.7 Å². The fourth-order valence-electron chi connectivity index (χ4n) is 4.11. The Balaban J connectivity index is 1.35. The molecular weight excluding hydrogens is 388 g/mol. The average Bonchev–Trinajstić information content (AvgIpc) is 3.26. The third-order valence-corrected chi connectivity index (χ3v) is 6.21. The second-order valence-corrected chi connectivity index (χ2v) is 8.07. The molecule has 1 fully saturated rings. The smallest absolute Gasteiger partial charge is 0.241 e. The lowest BCUT2D eigenvalue weighted by molar-refractivity contribution is 0.215. The molecule has 4 rings (SSSR count). The summed E-state index contributed by atoms with van der Waals surface area (Å²) in [5.41, 5.74) is 4.95. The largest absolute Gasteiger partial charge is 0.369 e. The van der Waals surface area contributed by atoms with Gasteiger partial charge in [-0.2, -0.15) is 4.98 Å². The first kappa shape index (κ1) is 21.3. The van der Waals surface area contributed by atoms with Gasteiger partial charge in [-0.15, -0.1) is 0 Å². The molecule has 0 unspecified atom stereocenters. The Labute approximate surface area is 184 Å². The lowest BCUT2D eigenvalue weighted by Crippen LogP contribution is -2.46. The Bertz CT molecular complexity index is 988. The molecule has 7 nitrogen and oxygen atoms in total. The number of aromatic nitrogens is 3. The van der Waals surface area contributed by atoms with Crippen LogP contribution in [0.2, 0.25) is 0 Å². The molecule has 31 heavy (non-hydrogen) atoms. The SMILES string of the molecule is CCN(CC)c1ccc(-c2noc(CN3CCN(c4cccc(C)c4C)CC3)n2)cn1. The number of piperazine rings is 1. The van der Waals surface area contributed by atoms with Crippen molar-refractivity contribution in [3.8, 4) is 11.4 Å². The number of hydrogen-bond acceptors (Lipinski definition) is 7. The van der Waals surface area contributed by atoms with E-state index < -0.39 is 0 Å². The first-order chi connectivity index (χ1) is 15.1. The molecule has 0 atom stereocenters. The summed E-state index contributed by atoms with van der Waals surface area (Å²) in [7, 11) is 0. The minimum atomic E-state index is 0.600. The number of pyridine rings is 1. The van der Waals surface area contributed by atoms with E-state index in [9.17, 15) is 0 Å².